The predicted octanol–water partition coefficient (Wildman–Crippen LogP) is 4.18. The van der Waals surface area contributed by atoms with Gasteiger partial charge in [-0.1, -0.05) is 48.5 Å². The summed E-state index contributed by atoms with van der Waals surface area (Å²) in [6, 6.07) is 18.0. The van der Waals surface area contributed by atoms with Crippen molar-refractivity contribution in [3.05, 3.63) is 71.4 Å². The largest absolute Gasteiger partial charge is 0.358 e. The zero-order valence-corrected chi connectivity index (χ0v) is 13.8. The standard InChI is InChI=1S/C20H22N2O/c1-14-19(17-11-7-8-12-18(17)21-14)20(23)15(2)22(3)13-16-9-5-4-6-10-16/h4-12,15,21H,13H2,1-3H3/t15-/m0/s1. The lowest BCUT2D eigenvalue weighted by atomic mass is 10.0. The van der Waals surface area contributed by atoms with Crippen LogP contribution in [0.4, 0.5) is 0 Å². The lowest BCUT2D eigenvalue weighted by Crippen LogP contribution is -2.35. The van der Waals surface area contributed by atoms with Crippen LogP contribution in [-0.4, -0.2) is 28.8 Å². The highest BCUT2D eigenvalue weighted by molar-refractivity contribution is 6.11. The predicted molar refractivity (Wildman–Crippen MR) is 94.7 cm³/mol. The number of carbonyl (C=O) groups excluding carboxylic acids is 1. The number of hydrogen-bond acceptors (Lipinski definition) is 2. The molecule has 0 saturated heterocycles. The first-order valence-corrected chi connectivity index (χ1v) is 7.93. The minimum absolute atomic E-state index is 0.165. The smallest absolute Gasteiger partial charge is 0.182 e. The van der Waals surface area contributed by atoms with Crippen LogP contribution in [0.25, 0.3) is 10.9 Å². The molecule has 3 aromatic rings. The second-order valence-corrected chi connectivity index (χ2v) is 6.11. The molecule has 1 aromatic heterocycles. The number of carbonyl (C=O) groups is 1. The maximum atomic E-state index is 13.0. The molecule has 0 unspecified atom stereocenters. The summed E-state index contributed by atoms with van der Waals surface area (Å²) in [5.74, 6) is 0.165. The molecule has 118 valence electrons. The van der Waals surface area contributed by atoms with Gasteiger partial charge in [0.15, 0.2) is 5.78 Å². The number of rotatable bonds is 5. The van der Waals surface area contributed by atoms with Gasteiger partial charge < -0.3 is 4.98 Å². The zero-order chi connectivity index (χ0) is 16.4. The van der Waals surface area contributed by atoms with Crippen molar-refractivity contribution in [3.8, 4) is 0 Å². The van der Waals surface area contributed by atoms with Gasteiger partial charge in [-0.25, -0.2) is 0 Å². The van der Waals surface area contributed by atoms with Crippen molar-refractivity contribution >= 4 is 16.7 Å². The van der Waals surface area contributed by atoms with Crippen molar-refractivity contribution in [1.82, 2.24) is 9.88 Å². The number of aromatic nitrogens is 1. The Morgan fingerprint density at radius 2 is 1.74 bits per heavy atom. The number of nitrogens with zero attached hydrogens (tertiary/aromatic N) is 1. The number of benzene rings is 2. The van der Waals surface area contributed by atoms with Gasteiger partial charge in [-0.3, -0.25) is 9.69 Å². The Balaban J connectivity index is 1.85. The van der Waals surface area contributed by atoms with E-state index in [2.05, 4.69) is 22.0 Å². The second-order valence-electron chi connectivity index (χ2n) is 6.11. The average Bonchev–Trinajstić information content (AvgIpc) is 2.90. The number of fused-ring (bicyclic) bond motifs is 1. The molecule has 2 aromatic carbocycles. The summed E-state index contributed by atoms with van der Waals surface area (Å²) in [5.41, 5.74) is 3.99. The van der Waals surface area contributed by atoms with Crippen molar-refractivity contribution in [2.24, 2.45) is 0 Å². The minimum atomic E-state index is -0.173. The number of nitrogens with one attached hydrogen (secondary N) is 1. The number of ketones is 1. The fourth-order valence-electron chi connectivity index (χ4n) is 3.01. The van der Waals surface area contributed by atoms with Crippen LogP contribution in [0.5, 0.6) is 0 Å². The van der Waals surface area contributed by atoms with E-state index < -0.39 is 0 Å². The van der Waals surface area contributed by atoms with E-state index in [1.165, 1.54) is 5.56 Å². The third-order valence-electron chi connectivity index (χ3n) is 4.46. The van der Waals surface area contributed by atoms with E-state index in [0.29, 0.717) is 0 Å². The van der Waals surface area contributed by atoms with Crippen LogP contribution in [0.15, 0.2) is 54.6 Å². The van der Waals surface area contributed by atoms with Crippen LogP contribution in [0, 0.1) is 6.92 Å². The molecular formula is C20H22N2O. The van der Waals surface area contributed by atoms with Gasteiger partial charge in [0, 0.05) is 28.7 Å². The van der Waals surface area contributed by atoms with Gasteiger partial charge in [-0.2, -0.15) is 0 Å². The molecule has 1 atom stereocenters. The molecule has 0 amide bonds. The van der Waals surface area contributed by atoms with Crippen LogP contribution >= 0.6 is 0 Å². The number of likely N-dealkylation sites (N-methyl/N-ethyl adjacent to an activating group) is 1. The first-order chi connectivity index (χ1) is 11.1. The highest BCUT2D eigenvalue weighted by Crippen LogP contribution is 2.24. The monoisotopic (exact) mass is 306 g/mol. The molecule has 1 N–H and O–H groups in total. The topological polar surface area (TPSA) is 36.1 Å². The van der Waals surface area contributed by atoms with Crippen LogP contribution < -0.4 is 0 Å². The van der Waals surface area contributed by atoms with E-state index in [4.69, 9.17) is 0 Å². The Bertz CT molecular complexity index is 820. The molecule has 0 aliphatic heterocycles. The van der Waals surface area contributed by atoms with E-state index in [1.54, 1.807) is 0 Å². The summed E-state index contributed by atoms with van der Waals surface area (Å²) in [6.07, 6.45) is 0. The van der Waals surface area contributed by atoms with Crippen molar-refractivity contribution in [2.45, 2.75) is 26.4 Å². The normalized spacial score (nSPS) is 12.7. The number of aromatic amines is 1. The third-order valence-corrected chi connectivity index (χ3v) is 4.46. The van der Waals surface area contributed by atoms with Gasteiger partial charge >= 0.3 is 0 Å². The highest BCUT2D eigenvalue weighted by Gasteiger charge is 2.24. The zero-order valence-electron chi connectivity index (χ0n) is 13.8. The van der Waals surface area contributed by atoms with Crippen molar-refractivity contribution in [3.63, 3.8) is 0 Å². The molecule has 3 nitrogen and oxygen atoms in total. The van der Waals surface area contributed by atoms with Crippen LogP contribution in [0.2, 0.25) is 0 Å². The Morgan fingerprint density at radius 3 is 2.48 bits per heavy atom. The first-order valence-electron chi connectivity index (χ1n) is 7.93. The fourth-order valence-corrected chi connectivity index (χ4v) is 3.01. The Morgan fingerprint density at radius 1 is 1.09 bits per heavy atom. The molecule has 0 bridgehead atoms. The second kappa shape index (κ2) is 6.39. The van der Waals surface area contributed by atoms with E-state index in [-0.39, 0.29) is 11.8 Å². The maximum absolute atomic E-state index is 13.0. The number of para-hydroxylation sites is 1. The quantitative estimate of drug-likeness (QED) is 0.718. The molecule has 0 saturated carbocycles. The van der Waals surface area contributed by atoms with Crippen LogP contribution in [0.1, 0.15) is 28.5 Å². The Labute approximate surface area is 136 Å². The third kappa shape index (κ3) is 3.06. The fraction of sp³-hybridized carbons (Fsp3) is 0.250. The van der Waals surface area contributed by atoms with Crippen molar-refractivity contribution in [2.75, 3.05) is 7.05 Å². The molecule has 3 rings (SSSR count). The van der Waals surface area contributed by atoms with Gasteiger partial charge in [-0.05, 0) is 32.5 Å². The van der Waals surface area contributed by atoms with Gasteiger partial charge in [0.25, 0.3) is 0 Å². The number of H-pyrrole nitrogens is 1. The lowest BCUT2D eigenvalue weighted by Gasteiger charge is -2.23. The van der Waals surface area contributed by atoms with Crippen LogP contribution in [-0.2, 0) is 6.54 Å². The molecule has 1 heterocycles. The summed E-state index contributed by atoms with van der Waals surface area (Å²) in [7, 11) is 2.00. The molecule has 0 aliphatic rings. The molecule has 23 heavy (non-hydrogen) atoms. The summed E-state index contributed by atoms with van der Waals surface area (Å²) < 4.78 is 0. The number of aryl methyl sites for hydroxylation is 1. The number of hydrogen-bond donors (Lipinski definition) is 1. The van der Waals surface area contributed by atoms with E-state index >= 15 is 0 Å². The molecule has 3 heteroatoms. The van der Waals surface area contributed by atoms with Gasteiger partial charge in [0.1, 0.15) is 0 Å². The molecule has 0 spiro atoms. The molecular weight excluding hydrogens is 284 g/mol. The van der Waals surface area contributed by atoms with Crippen molar-refractivity contribution in [1.29, 1.82) is 0 Å². The highest BCUT2D eigenvalue weighted by atomic mass is 16.1. The molecule has 0 aliphatic carbocycles. The summed E-state index contributed by atoms with van der Waals surface area (Å²) in [4.78, 5) is 18.4. The summed E-state index contributed by atoms with van der Waals surface area (Å²) in [5, 5.41) is 1.01. The summed E-state index contributed by atoms with van der Waals surface area (Å²) in [6.45, 7) is 4.71. The Kier molecular flexibility index (Phi) is 4.30. The first kappa shape index (κ1) is 15.5. The molecule has 0 fully saturated rings. The summed E-state index contributed by atoms with van der Waals surface area (Å²) >= 11 is 0. The maximum Gasteiger partial charge on any atom is 0.182 e. The van der Waals surface area contributed by atoms with Gasteiger partial charge in [0.2, 0.25) is 0 Å². The van der Waals surface area contributed by atoms with E-state index in [1.807, 2.05) is 63.4 Å². The molecule has 0 radical (unpaired) electrons. The average molecular weight is 306 g/mol. The minimum Gasteiger partial charge on any atom is -0.358 e. The van der Waals surface area contributed by atoms with E-state index in [0.717, 1.165) is 28.7 Å². The lowest BCUT2D eigenvalue weighted by molar-refractivity contribution is 0.0863. The van der Waals surface area contributed by atoms with Crippen LogP contribution in [0.3, 0.4) is 0 Å². The number of Topliss-reactive ketones (excluding diaryl/α,β-unsaturated/α-hetero) is 1. The Hall–Kier alpha value is -2.39. The van der Waals surface area contributed by atoms with Crippen molar-refractivity contribution < 1.29 is 4.79 Å². The SMILES string of the molecule is Cc1[nH]c2ccccc2c1C(=O)[C@H](C)N(C)Cc1ccccc1. The van der Waals surface area contributed by atoms with Gasteiger partial charge in [-0.15, -0.1) is 0 Å². The van der Waals surface area contributed by atoms with Gasteiger partial charge in [0.05, 0.1) is 6.04 Å². The van der Waals surface area contributed by atoms with E-state index in [9.17, 15) is 4.79 Å².